The van der Waals surface area contributed by atoms with Gasteiger partial charge in [-0.1, -0.05) is 0 Å². The van der Waals surface area contributed by atoms with Crippen molar-refractivity contribution >= 4 is 23.7 Å². The highest BCUT2D eigenvalue weighted by molar-refractivity contribution is 5.78. The summed E-state index contributed by atoms with van der Waals surface area (Å²) in [5.74, 6) is -2.02. The first-order chi connectivity index (χ1) is 23.9. The number of amides is 3. The molecule has 0 saturated heterocycles. The molecular formula is C30H57N3O16. The molecule has 0 atom stereocenters. The fourth-order valence-electron chi connectivity index (χ4n) is 3.25. The highest BCUT2D eigenvalue weighted by Crippen LogP contribution is 1.97. The zero-order valence-corrected chi connectivity index (χ0v) is 28.9. The Morgan fingerprint density at radius 3 is 1.29 bits per heavy atom. The van der Waals surface area contributed by atoms with Crippen molar-refractivity contribution in [1.29, 1.82) is 0 Å². The average molecular weight is 716 g/mol. The number of carboxylic acids is 1. The summed E-state index contributed by atoms with van der Waals surface area (Å²) in [5.41, 5.74) is 0. The molecule has 0 aliphatic carbocycles. The first-order valence-corrected chi connectivity index (χ1v) is 16.1. The molecule has 4 N–H and O–H groups in total. The van der Waals surface area contributed by atoms with Crippen molar-refractivity contribution < 1.29 is 76.4 Å². The third kappa shape index (κ3) is 36.5. The number of methoxy groups -OCH3 is 2. The Morgan fingerprint density at radius 1 is 0.469 bits per heavy atom. The van der Waals surface area contributed by atoms with Gasteiger partial charge in [0.2, 0.25) is 17.7 Å². The van der Waals surface area contributed by atoms with Gasteiger partial charge in [-0.05, 0) is 0 Å². The van der Waals surface area contributed by atoms with Crippen molar-refractivity contribution in [3.05, 3.63) is 0 Å². The largest absolute Gasteiger partial charge is 0.481 e. The fraction of sp³-hybridized carbons (Fsp3) is 0.867. The fourth-order valence-corrected chi connectivity index (χ4v) is 3.25. The van der Waals surface area contributed by atoms with Crippen LogP contribution < -0.4 is 16.0 Å². The first-order valence-electron chi connectivity index (χ1n) is 16.1. The van der Waals surface area contributed by atoms with Crippen LogP contribution in [0.3, 0.4) is 0 Å². The van der Waals surface area contributed by atoms with E-state index in [1.54, 1.807) is 14.2 Å². The standard InChI is InChI=1S/C30H57N3O16/c1-39-9-11-43-15-19-47-23-27(34)32-5-7-41-13-17-45-21-26(49-25-29(36)31-4-3-30(37)38)22-46-18-14-42-8-6-33-28(35)24-48-20-16-44-12-10-40-2/h26H,3-25H2,1-2H3,(H,31,36)(H,32,34)(H,33,35)(H,37,38). The number of carboxylic acid groups (broad SMARTS) is 1. The average Bonchev–Trinajstić information content (AvgIpc) is 3.08. The molecule has 288 valence electrons. The molecule has 0 heterocycles. The van der Waals surface area contributed by atoms with Gasteiger partial charge in [-0.15, -0.1) is 0 Å². The zero-order valence-electron chi connectivity index (χ0n) is 28.9. The number of aliphatic carboxylic acids is 1. The van der Waals surface area contributed by atoms with Gasteiger partial charge in [-0.2, -0.15) is 0 Å². The minimum Gasteiger partial charge on any atom is -0.481 e. The highest BCUT2D eigenvalue weighted by Gasteiger charge is 2.13. The molecule has 0 unspecified atom stereocenters. The summed E-state index contributed by atoms with van der Waals surface area (Å²) in [6, 6.07) is 0. The number of carbonyl (C=O) groups excluding carboxylic acids is 3. The van der Waals surface area contributed by atoms with E-state index in [0.29, 0.717) is 65.9 Å². The number of carbonyl (C=O) groups is 4. The van der Waals surface area contributed by atoms with Gasteiger partial charge in [-0.25, -0.2) is 0 Å². The Bertz CT molecular complexity index is 765. The Balaban J connectivity index is 4.06. The van der Waals surface area contributed by atoms with Gasteiger partial charge >= 0.3 is 5.97 Å². The van der Waals surface area contributed by atoms with Crippen LogP contribution in [0.5, 0.6) is 0 Å². The second-order valence-electron chi connectivity index (χ2n) is 9.82. The van der Waals surface area contributed by atoms with Gasteiger partial charge in [0.1, 0.15) is 25.9 Å². The summed E-state index contributed by atoms with van der Waals surface area (Å²) in [6.07, 6.45) is -0.799. The SMILES string of the molecule is COCCOCCOCC(=O)NCCOCCOCC(COCCOCCNC(=O)COCCOCCOC)OCC(=O)NCCC(=O)O. The lowest BCUT2D eigenvalue weighted by molar-refractivity contribution is -0.137. The number of hydrogen-bond acceptors (Lipinski definition) is 15. The summed E-state index contributed by atoms with van der Waals surface area (Å²) in [4.78, 5) is 46.1. The molecule has 0 aromatic carbocycles. The lowest BCUT2D eigenvalue weighted by atomic mass is 10.4. The van der Waals surface area contributed by atoms with E-state index in [4.69, 9.17) is 57.2 Å². The molecule has 3 amide bonds. The monoisotopic (exact) mass is 715 g/mol. The smallest absolute Gasteiger partial charge is 0.305 e. The topological polar surface area (TPSA) is 226 Å². The molecule has 0 aromatic rings. The number of ether oxygens (including phenoxy) is 11. The summed E-state index contributed by atoms with van der Waals surface area (Å²) >= 11 is 0. The quantitative estimate of drug-likeness (QED) is 0.0490. The van der Waals surface area contributed by atoms with Crippen LogP contribution in [-0.4, -0.2) is 194 Å². The van der Waals surface area contributed by atoms with E-state index in [9.17, 15) is 19.2 Å². The van der Waals surface area contributed by atoms with Crippen LogP contribution in [-0.2, 0) is 71.3 Å². The van der Waals surface area contributed by atoms with Gasteiger partial charge in [-0.3, -0.25) is 19.2 Å². The lowest BCUT2D eigenvalue weighted by Crippen LogP contribution is -2.35. The van der Waals surface area contributed by atoms with Crippen molar-refractivity contribution in [3.8, 4) is 0 Å². The summed E-state index contributed by atoms with van der Waals surface area (Å²) in [6.45, 7) is 5.14. The van der Waals surface area contributed by atoms with Gasteiger partial charge in [0, 0.05) is 33.9 Å². The van der Waals surface area contributed by atoms with E-state index in [1.165, 1.54) is 0 Å². The van der Waals surface area contributed by atoms with Gasteiger partial charge in [0.15, 0.2) is 0 Å². The van der Waals surface area contributed by atoms with E-state index >= 15 is 0 Å². The minimum absolute atomic E-state index is 0.0145. The van der Waals surface area contributed by atoms with E-state index in [-0.39, 0.29) is 97.5 Å². The van der Waals surface area contributed by atoms with Crippen molar-refractivity contribution in [1.82, 2.24) is 16.0 Å². The molecule has 49 heavy (non-hydrogen) atoms. The van der Waals surface area contributed by atoms with Crippen LogP contribution in [0.1, 0.15) is 6.42 Å². The third-order valence-corrected chi connectivity index (χ3v) is 5.67. The van der Waals surface area contributed by atoms with Crippen LogP contribution in [0.2, 0.25) is 0 Å². The van der Waals surface area contributed by atoms with Crippen LogP contribution >= 0.6 is 0 Å². The lowest BCUT2D eigenvalue weighted by Gasteiger charge is -2.18. The molecule has 0 aromatic heterocycles. The zero-order chi connectivity index (χ0) is 36.0. The molecule has 19 heteroatoms. The molecule has 0 fully saturated rings. The Labute approximate surface area is 288 Å². The minimum atomic E-state index is -1.02. The second kappa shape index (κ2) is 36.7. The maximum Gasteiger partial charge on any atom is 0.305 e. The van der Waals surface area contributed by atoms with Crippen LogP contribution in [0.15, 0.2) is 0 Å². The number of nitrogens with one attached hydrogen (secondary N) is 3. The van der Waals surface area contributed by atoms with Gasteiger partial charge in [0.25, 0.3) is 0 Å². The molecule has 0 aliphatic heterocycles. The number of hydrogen-bond donors (Lipinski definition) is 4. The van der Waals surface area contributed by atoms with E-state index in [0.717, 1.165) is 0 Å². The molecule has 0 saturated carbocycles. The van der Waals surface area contributed by atoms with Crippen LogP contribution in [0, 0.1) is 0 Å². The van der Waals surface area contributed by atoms with E-state index in [1.807, 2.05) is 0 Å². The molecular weight excluding hydrogens is 658 g/mol. The van der Waals surface area contributed by atoms with Gasteiger partial charge in [0.05, 0.1) is 112 Å². The Morgan fingerprint density at radius 2 is 0.837 bits per heavy atom. The predicted octanol–water partition coefficient (Wildman–Crippen LogP) is -2.38. The summed E-state index contributed by atoms with van der Waals surface area (Å²) in [5, 5.41) is 16.5. The maximum absolute atomic E-state index is 12.0. The van der Waals surface area contributed by atoms with Gasteiger partial charge < -0.3 is 73.2 Å². The normalized spacial score (nSPS) is 11.2. The highest BCUT2D eigenvalue weighted by atomic mass is 16.6. The van der Waals surface area contributed by atoms with Crippen LogP contribution in [0.4, 0.5) is 0 Å². The van der Waals surface area contributed by atoms with E-state index < -0.39 is 18.0 Å². The van der Waals surface area contributed by atoms with E-state index in [2.05, 4.69) is 16.0 Å². The molecule has 0 spiro atoms. The van der Waals surface area contributed by atoms with Crippen molar-refractivity contribution in [3.63, 3.8) is 0 Å². The van der Waals surface area contributed by atoms with Crippen molar-refractivity contribution in [2.75, 3.05) is 159 Å². The molecule has 0 aliphatic rings. The Kier molecular flexibility index (Phi) is 34.8. The maximum atomic E-state index is 12.0. The first kappa shape index (κ1) is 46.4. The van der Waals surface area contributed by atoms with Crippen molar-refractivity contribution in [2.24, 2.45) is 0 Å². The molecule has 0 rings (SSSR count). The summed E-state index contributed by atoms with van der Waals surface area (Å²) < 4.78 is 58.3. The Hall–Kier alpha value is -2.56. The molecule has 19 nitrogen and oxygen atoms in total. The molecule has 0 bridgehead atoms. The van der Waals surface area contributed by atoms with Crippen LogP contribution in [0.25, 0.3) is 0 Å². The molecule has 0 radical (unpaired) electrons. The summed E-state index contributed by atoms with van der Waals surface area (Å²) in [7, 11) is 3.17. The number of rotatable bonds is 38. The second-order valence-corrected chi connectivity index (χ2v) is 9.82. The predicted molar refractivity (Wildman–Crippen MR) is 171 cm³/mol. The third-order valence-electron chi connectivity index (χ3n) is 5.67. The van der Waals surface area contributed by atoms with Crippen molar-refractivity contribution in [2.45, 2.75) is 12.5 Å².